The molecular weight excluding hydrogens is 264 g/mol. The molecule has 0 aliphatic rings. The third-order valence-corrected chi connectivity index (χ3v) is 3.08. The van der Waals surface area contributed by atoms with Gasteiger partial charge in [0.05, 0.1) is 0 Å². The van der Waals surface area contributed by atoms with Crippen LogP contribution in [0.15, 0.2) is 48.5 Å². The molecule has 0 amide bonds. The number of aromatic hydroxyl groups is 1. The molecule has 0 saturated heterocycles. The van der Waals surface area contributed by atoms with Gasteiger partial charge >= 0.3 is 0 Å². The Bertz CT molecular complexity index is 586. The lowest BCUT2D eigenvalue weighted by atomic mass is 10.1. The van der Waals surface area contributed by atoms with Crippen molar-refractivity contribution in [2.24, 2.45) is 0 Å². The monoisotopic (exact) mass is 282 g/mol. The van der Waals surface area contributed by atoms with Gasteiger partial charge in [0.25, 0.3) is 0 Å². The largest absolute Gasteiger partial charge is 0.508 e. The number of hydrogen-bond donors (Lipinski definition) is 2. The maximum atomic E-state index is 9.21. The highest BCUT2D eigenvalue weighted by atomic mass is 16.5. The highest BCUT2D eigenvalue weighted by Gasteiger charge is 1.97. The number of phenolic OH excluding ortho intramolecular Hbond substituents is 1. The minimum Gasteiger partial charge on any atom is -0.508 e. The fourth-order valence-corrected chi connectivity index (χ4v) is 1.95. The van der Waals surface area contributed by atoms with Crippen LogP contribution < -0.4 is 10.1 Å². The van der Waals surface area contributed by atoms with Crippen molar-refractivity contribution in [2.75, 3.05) is 13.2 Å². The number of benzene rings is 2. The van der Waals surface area contributed by atoms with E-state index < -0.39 is 0 Å². The molecule has 0 radical (unpaired) electrons. The van der Waals surface area contributed by atoms with Gasteiger partial charge in [0, 0.05) is 6.54 Å². The first-order valence-electron chi connectivity index (χ1n) is 6.85. The number of nitrogens with one attached hydrogen (secondary N) is 1. The fraction of sp³-hybridized carbons (Fsp3) is 0.235. The summed E-state index contributed by atoms with van der Waals surface area (Å²) in [6, 6.07) is 16.9. The van der Waals surface area contributed by atoms with Gasteiger partial charge in [-0.15, -0.1) is 0 Å². The normalized spacial score (nSPS) is 10.0. The van der Waals surface area contributed by atoms with Crippen LogP contribution in [0.25, 0.3) is 0 Å². The molecule has 108 valence electrons. The molecule has 0 aliphatic heterocycles. The van der Waals surface area contributed by atoms with Gasteiger partial charge < -0.3 is 15.2 Å². The molecule has 4 heteroatoms. The molecule has 4 nitrogen and oxygen atoms in total. The van der Waals surface area contributed by atoms with E-state index in [9.17, 15) is 5.11 Å². The van der Waals surface area contributed by atoms with Crippen LogP contribution >= 0.6 is 0 Å². The lowest BCUT2D eigenvalue weighted by molar-refractivity contribution is 0.368. The number of rotatable bonds is 7. The molecule has 0 bridgehead atoms. The zero-order chi connectivity index (χ0) is 14.9. The van der Waals surface area contributed by atoms with Gasteiger partial charge in [-0.1, -0.05) is 24.3 Å². The summed E-state index contributed by atoms with van der Waals surface area (Å²) in [5.74, 6) is 1.01. The van der Waals surface area contributed by atoms with E-state index in [0.717, 1.165) is 19.5 Å². The molecule has 0 spiro atoms. The van der Waals surface area contributed by atoms with E-state index in [4.69, 9.17) is 10.00 Å². The molecule has 0 aromatic heterocycles. The Morgan fingerprint density at radius 2 is 1.67 bits per heavy atom. The van der Waals surface area contributed by atoms with Crippen LogP contribution in [0.1, 0.15) is 11.1 Å². The minimum absolute atomic E-state index is 0.0736. The zero-order valence-corrected chi connectivity index (χ0v) is 11.7. The molecule has 0 fully saturated rings. The topological polar surface area (TPSA) is 65.3 Å². The van der Waals surface area contributed by atoms with Crippen LogP contribution in [0.2, 0.25) is 0 Å². The molecule has 2 rings (SSSR count). The summed E-state index contributed by atoms with van der Waals surface area (Å²) in [6.07, 6.45) is 0.920. The second-order valence-electron chi connectivity index (χ2n) is 4.68. The number of nitriles is 1. The van der Waals surface area contributed by atoms with Gasteiger partial charge in [0.1, 0.15) is 17.6 Å². The zero-order valence-electron chi connectivity index (χ0n) is 11.7. The predicted octanol–water partition coefficient (Wildman–Crippen LogP) is 2.63. The number of nitrogens with zero attached hydrogens (tertiary/aromatic N) is 1. The second kappa shape index (κ2) is 7.93. The first-order chi connectivity index (χ1) is 10.3. The standard InChI is InChI=1S/C17H18N2O2/c18-10-12-21-17-7-3-15(4-8-17)13-19-11-9-14-1-5-16(20)6-2-14/h1-8,19-20H,9,11-13H2. The number of ether oxygens (including phenoxy) is 1. The van der Waals surface area contributed by atoms with Crippen molar-refractivity contribution in [1.82, 2.24) is 5.32 Å². The van der Waals surface area contributed by atoms with Gasteiger partial charge in [-0.3, -0.25) is 0 Å². The Hall–Kier alpha value is -2.51. The molecular formula is C17H18N2O2. The highest BCUT2D eigenvalue weighted by molar-refractivity contribution is 5.28. The van der Waals surface area contributed by atoms with E-state index in [-0.39, 0.29) is 6.61 Å². The Morgan fingerprint density at radius 3 is 2.33 bits per heavy atom. The van der Waals surface area contributed by atoms with Crippen LogP contribution in [-0.4, -0.2) is 18.3 Å². The number of phenols is 1. The second-order valence-corrected chi connectivity index (χ2v) is 4.68. The van der Waals surface area contributed by atoms with Crippen molar-refractivity contribution in [3.63, 3.8) is 0 Å². The van der Waals surface area contributed by atoms with Crippen molar-refractivity contribution in [3.8, 4) is 17.6 Å². The molecule has 0 atom stereocenters. The SMILES string of the molecule is N#CCOc1ccc(CNCCc2ccc(O)cc2)cc1. The third-order valence-electron chi connectivity index (χ3n) is 3.08. The van der Waals surface area contributed by atoms with E-state index in [1.54, 1.807) is 12.1 Å². The van der Waals surface area contributed by atoms with Crippen LogP contribution in [0.3, 0.4) is 0 Å². The predicted molar refractivity (Wildman–Crippen MR) is 81.1 cm³/mol. The van der Waals surface area contributed by atoms with E-state index >= 15 is 0 Å². The summed E-state index contributed by atoms with van der Waals surface area (Å²) in [5.41, 5.74) is 2.37. The molecule has 0 unspecified atom stereocenters. The van der Waals surface area contributed by atoms with Crippen molar-refractivity contribution in [1.29, 1.82) is 5.26 Å². The Balaban J connectivity index is 1.71. The first-order valence-corrected chi connectivity index (χ1v) is 6.85. The molecule has 0 saturated carbocycles. The van der Waals surface area contributed by atoms with Crippen LogP contribution in [0, 0.1) is 11.3 Å². The van der Waals surface area contributed by atoms with E-state index in [0.29, 0.717) is 11.5 Å². The third kappa shape index (κ3) is 5.17. The highest BCUT2D eigenvalue weighted by Crippen LogP contribution is 2.12. The summed E-state index contributed by atoms with van der Waals surface area (Å²) in [7, 11) is 0. The van der Waals surface area contributed by atoms with Crippen LogP contribution in [0.5, 0.6) is 11.5 Å². The summed E-state index contributed by atoms with van der Waals surface area (Å²) in [4.78, 5) is 0. The van der Waals surface area contributed by atoms with E-state index in [2.05, 4.69) is 5.32 Å². The molecule has 0 heterocycles. The van der Waals surface area contributed by atoms with E-state index in [1.807, 2.05) is 42.5 Å². The smallest absolute Gasteiger partial charge is 0.174 e. The van der Waals surface area contributed by atoms with Crippen molar-refractivity contribution in [2.45, 2.75) is 13.0 Å². The average molecular weight is 282 g/mol. The maximum Gasteiger partial charge on any atom is 0.174 e. The van der Waals surface area contributed by atoms with Gasteiger partial charge in [-0.2, -0.15) is 5.26 Å². The van der Waals surface area contributed by atoms with Gasteiger partial charge in [0.15, 0.2) is 6.61 Å². The van der Waals surface area contributed by atoms with Gasteiger partial charge in [-0.25, -0.2) is 0 Å². The van der Waals surface area contributed by atoms with Crippen LogP contribution in [-0.2, 0) is 13.0 Å². The van der Waals surface area contributed by atoms with Crippen molar-refractivity contribution < 1.29 is 9.84 Å². The van der Waals surface area contributed by atoms with Gasteiger partial charge in [-0.05, 0) is 48.4 Å². The van der Waals surface area contributed by atoms with Crippen molar-refractivity contribution in [3.05, 3.63) is 59.7 Å². The average Bonchev–Trinajstić information content (AvgIpc) is 2.52. The molecule has 2 N–H and O–H groups in total. The molecule has 21 heavy (non-hydrogen) atoms. The lowest BCUT2D eigenvalue weighted by Crippen LogP contribution is -2.16. The number of hydrogen-bond acceptors (Lipinski definition) is 4. The fourth-order valence-electron chi connectivity index (χ4n) is 1.95. The summed E-state index contributed by atoms with van der Waals surface area (Å²) >= 11 is 0. The molecule has 2 aromatic rings. The van der Waals surface area contributed by atoms with Crippen LogP contribution in [0.4, 0.5) is 0 Å². The quantitative estimate of drug-likeness (QED) is 0.766. The van der Waals surface area contributed by atoms with E-state index in [1.165, 1.54) is 11.1 Å². The Labute approximate surface area is 124 Å². The summed E-state index contributed by atoms with van der Waals surface area (Å²) in [6.45, 7) is 1.73. The molecule has 2 aromatic carbocycles. The summed E-state index contributed by atoms with van der Waals surface area (Å²) < 4.78 is 5.20. The molecule has 0 aliphatic carbocycles. The lowest BCUT2D eigenvalue weighted by Gasteiger charge is -2.07. The summed E-state index contributed by atoms with van der Waals surface area (Å²) in [5, 5.41) is 21.0. The Kier molecular flexibility index (Phi) is 5.62. The Morgan fingerprint density at radius 1 is 1.00 bits per heavy atom. The van der Waals surface area contributed by atoms with Gasteiger partial charge in [0.2, 0.25) is 0 Å². The minimum atomic E-state index is 0.0736. The maximum absolute atomic E-state index is 9.21. The first kappa shape index (κ1) is 14.9. The van der Waals surface area contributed by atoms with Crippen molar-refractivity contribution >= 4 is 0 Å².